The number of carbonyl (C=O) groups excluding carboxylic acids is 1. The zero-order chi connectivity index (χ0) is 19.2. The molecule has 1 N–H and O–H groups in total. The molecule has 3 aromatic rings. The van der Waals surface area contributed by atoms with Crippen LogP contribution in [0.25, 0.3) is 10.9 Å². The van der Waals surface area contributed by atoms with E-state index >= 15 is 0 Å². The number of hydrogen-bond donors (Lipinski definition) is 1. The quantitative estimate of drug-likeness (QED) is 0.677. The summed E-state index contributed by atoms with van der Waals surface area (Å²) in [5.74, 6) is 0.479. The average molecular weight is 385 g/mol. The highest BCUT2D eigenvalue weighted by Crippen LogP contribution is 2.15. The molecule has 0 saturated carbocycles. The molecule has 0 unspecified atom stereocenters. The minimum Gasteiger partial charge on any atom is -0.335 e. The molecule has 0 spiro atoms. The molecular formula is C20H21ClN4O2. The van der Waals surface area contributed by atoms with Crippen molar-refractivity contribution in [1.29, 1.82) is 0 Å². The highest BCUT2D eigenvalue weighted by atomic mass is 35.5. The van der Waals surface area contributed by atoms with E-state index in [9.17, 15) is 9.59 Å². The van der Waals surface area contributed by atoms with Crippen LogP contribution in [0.2, 0.25) is 5.02 Å². The molecule has 1 aromatic carbocycles. The third-order valence-corrected chi connectivity index (χ3v) is 4.49. The molecular weight excluding hydrogens is 364 g/mol. The van der Waals surface area contributed by atoms with Gasteiger partial charge in [0.15, 0.2) is 0 Å². The lowest BCUT2D eigenvalue weighted by molar-refractivity contribution is -0.131. The summed E-state index contributed by atoms with van der Waals surface area (Å²) in [5, 5.41) is 0.998. The minimum absolute atomic E-state index is 0.0227. The molecule has 6 nitrogen and oxygen atoms in total. The number of aromatic amines is 1. The maximum Gasteiger partial charge on any atom is 0.258 e. The van der Waals surface area contributed by atoms with Crippen molar-refractivity contribution in [2.45, 2.75) is 32.7 Å². The largest absolute Gasteiger partial charge is 0.335 e. The third kappa shape index (κ3) is 4.92. The summed E-state index contributed by atoms with van der Waals surface area (Å²) in [6.07, 6.45) is 5.31. The number of nitrogens with one attached hydrogen (secondary N) is 1. The Hall–Kier alpha value is -2.73. The molecule has 1 amide bonds. The molecule has 0 atom stereocenters. The Morgan fingerprint density at radius 1 is 1.30 bits per heavy atom. The summed E-state index contributed by atoms with van der Waals surface area (Å²) in [4.78, 5) is 38.0. The second-order valence-electron chi connectivity index (χ2n) is 6.35. The van der Waals surface area contributed by atoms with Crippen molar-refractivity contribution in [2.24, 2.45) is 0 Å². The van der Waals surface area contributed by atoms with Crippen molar-refractivity contribution >= 4 is 28.4 Å². The fourth-order valence-electron chi connectivity index (χ4n) is 2.93. The molecule has 0 aliphatic carbocycles. The van der Waals surface area contributed by atoms with Crippen molar-refractivity contribution < 1.29 is 4.79 Å². The van der Waals surface area contributed by atoms with Gasteiger partial charge < -0.3 is 9.88 Å². The smallest absolute Gasteiger partial charge is 0.258 e. The van der Waals surface area contributed by atoms with Gasteiger partial charge in [-0.3, -0.25) is 14.6 Å². The molecule has 7 heteroatoms. The van der Waals surface area contributed by atoms with Gasteiger partial charge in [0.05, 0.1) is 17.4 Å². The Morgan fingerprint density at radius 3 is 2.89 bits per heavy atom. The fourth-order valence-corrected chi connectivity index (χ4v) is 3.10. The van der Waals surface area contributed by atoms with Gasteiger partial charge in [0.25, 0.3) is 5.56 Å². The van der Waals surface area contributed by atoms with Crippen molar-refractivity contribution in [3.63, 3.8) is 0 Å². The van der Waals surface area contributed by atoms with E-state index in [4.69, 9.17) is 11.6 Å². The molecule has 0 radical (unpaired) electrons. The molecule has 0 aliphatic rings. The van der Waals surface area contributed by atoms with Crippen molar-refractivity contribution in [2.75, 3.05) is 6.54 Å². The maximum atomic E-state index is 12.7. The monoisotopic (exact) mass is 384 g/mol. The van der Waals surface area contributed by atoms with Gasteiger partial charge in [-0.25, -0.2) is 4.98 Å². The van der Waals surface area contributed by atoms with E-state index in [1.54, 1.807) is 35.5 Å². The van der Waals surface area contributed by atoms with E-state index < -0.39 is 0 Å². The number of nitrogens with zero attached hydrogens (tertiary/aromatic N) is 3. The number of benzene rings is 1. The van der Waals surface area contributed by atoms with Gasteiger partial charge in [0.2, 0.25) is 5.91 Å². The Labute approximate surface area is 162 Å². The number of H-pyrrole nitrogens is 1. The van der Waals surface area contributed by atoms with Gasteiger partial charge >= 0.3 is 0 Å². The Kier molecular flexibility index (Phi) is 6.19. The SMILES string of the molecule is CCCN(Cc1nc2cc(Cl)ccc2c(=O)[nH]1)C(=O)CCc1cccnc1. The zero-order valence-corrected chi connectivity index (χ0v) is 15.9. The van der Waals surface area contributed by atoms with E-state index in [1.807, 2.05) is 19.1 Å². The van der Waals surface area contributed by atoms with E-state index in [1.165, 1.54) is 0 Å². The number of amides is 1. The standard InChI is InChI=1S/C20H21ClN4O2/c1-2-10-25(19(26)8-5-14-4-3-9-22-12-14)13-18-23-17-11-15(21)6-7-16(17)20(27)24-18/h3-4,6-7,9,11-12H,2,5,8,10,13H2,1H3,(H,23,24,27). The van der Waals surface area contributed by atoms with E-state index in [-0.39, 0.29) is 18.0 Å². The summed E-state index contributed by atoms with van der Waals surface area (Å²) in [7, 11) is 0. The number of rotatable bonds is 7. The highest BCUT2D eigenvalue weighted by Gasteiger charge is 2.15. The number of pyridine rings is 1. The zero-order valence-electron chi connectivity index (χ0n) is 15.1. The molecule has 0 aliphatic heterocycles. The summed E-state index contributed by atoms with van der Waals surface area (Å²) < 4.78 is 0. The second-order valence-corrected chi connectivity index (χ2v) is 6.79. The lowest BCUT2D eigenvalue weighted by Gasteiger charge is -2.21. The predicted octanol–water partition coefficient (Wildman–Crippen LogP) is 3.34. The maximum absolute atomic E-state index is 12.7. The van der Waals surface area contributed by atoms with Crippen LogP contribution in [-0.4, -0.2) is 32.3 Å². The molecule has 3 rings (SSSR count). The van der Waals surface area contributed by atoms with Crippen LogP contribution in [0.4, 0.5) is 0 Å². The Balaban J connectivity index is 1.76. The molecule has 0 bridgehead atoms. The summed E-state index contributed by atoms with van der Waals surface area (Å²) in [6, 6.07) is 8.78. The van der Waals surface area contributed by atoms with Crippen LogP contribution in [0.5, 0.6) is 0 Å². The van der Waals surface area contributed by atoms with Crippen LogP contribution >= 0.6 is 11.6 Å². The van der Waals surface area contributed by atoms with Crippen LogP contribution in [-0.2, 0) is 17.8 Å². The lowest BCUT2D eigenvalue weighted by Crippen LogP contribution is -2.33. The van der Waals surface area contributed by atoms with E-state index in [0.717, 1.165) is 12.0 Å². The van der Waals surface area contributed by atoms with Crippen molar-refractivity contribution in [3.8, 4) is 0 Å². The first-order valence-corrected chi connectivity index (χ1v) is 9.29. The Bertz CT molecular complexity index is 988. The summed E-state index contributed by atoms with van der Waals surface area (Å²) in [6.45, 7) is 2.87. The molecule has 0 saturated heterocycles. The van der Waals surface area contributed by atoms with E-state index in [2.05, 4.69) is 15.0 Å². The van der Waals surface area contributed by atoms with Gasteiger partial charge in [-0.1, -0.05) is 24.6 Å². The number of carbonyl (C=O) groups is 1. The predicted molar refractivity (Wildman–Crippen MR) is 106 cm³/mol. The van der Waals surface area contributed by atoms with E-state index in [0.29, 0.717) is 41.1 Å². The fraction of sp³-hybridized carbons (Fsp3) is 0.300. The third-order valence-electron chi connectivity index (χ3n) is 4.25. The van der Waals surface area contributed by atoms with Crippen LogP contribution in [0.15, 0.2) is 47.5 Å². The van der Waals surface area contributed by atoms with Gasteiger partial charge in [-0.15, -0.1) is 0 Å². The molecule has 140 valence electrons. The topological polar surface area (TPSA) is 79.0 Å². The van der Waals surface area contributed by atoms with Crippen molar-refractivity contribution in [1.82, 2.24) is 19.9 Å². The molecule has 2 aromatic heterocycles. The van der Waals surface area contributed by atoms with Crippen LogP contribution in [0.3, 0.4) is 0 Å². The number of halogens is 1. The van der Waals surface area contributed by atoms with Crippen LogP contribution in [0.1, 0.15) is 31.2 Å². The average Bonchev–Trinajstić information content (AvgIpc) is 2.66. The van der Waals surface area contributed by atoms with Gasteiger partial charge in [-0.2, -0.15) is 0 Å². The number of hydrogen-bond acceptors (Lipinski definition) is 4. The highest BCUT2D eigenvalue weighted by molar-refractivity contribution is 6.31. The molecule has 2 heterocycles. The first kappa shape index (κ1) is 19.0. The second kappa shape index (κ2) is 8.77. The summed E-state index contributed by atoms with van der Waals surface area (Å²) >= 11 is 6.01. The number of aryl methyl sites for hydroxylation is 1. The number of fused-ring (bicyclic) bond motifs is 1. The Morgan fingerprint density at radius 2 is 2.15 bits per heavy atom. The van der Waals surface area contributed by atoms with Gasteiger partial charge in [0, 0.05) is 30.4 Å². The summed E-state index contributed by atoms with van der Waals surface area (Å²) in [5.41, 5.74) is 1.32. The molecule has 27 heavy (non-hydrogen) atoms. The minimum atomic E-state index is -0.231. The normalized spacial score (nSPS) is 10.9. The lowest BCUT2D eigenvalue weighted by atomic mass is 10.1. The first-order valence-electron chi connectivity index (χ1n) is 8.92. The van der Waals surface area contributed by atoms with Crippen LogP contribution < -0.4 is 5.56 Å². The van der Waals surface area contributed by atoms with Gasteiger partial charge in [0.1, 0.15) is 5.82 Å². The molecule has 0 fully saturated rings. The van der Waals surface area contributed by atoms with Crippen molar-refractivity contribution in [3.05, 3.63) is 69.5 Å². The number of aromatic nitrogens is 3. The first-order chi connectivity index (χ1) is 13.1. The van der Waals surface area contributed by atoms with Gasteiger partial charge in [-0.05, 0) is 42.7 Å². The van der Waals surface area contributed by atoms with Crippen LogP contribution in [0, 0.1) is 0 Å².